The van der Waals surface area contributed by atoms with Crippen molar-refractivity contribution in [1.29, 1.82) is 0 Å². The summed E-state index contributed by atoms with van der Waals surface area (Å²) in [7, 11) is 0. The maximum Gasteiger partial charge on any atom is 0.333 e. The standard InChI is InChI=1S/C13H12FNO4/c14-10-4-1-9(2-5-10)3-8-13(18)19-15-11(16)6-7-12(15)17/h1-2,4-5H,3,6-8H2. The lowest BCUT2D eigenvalue weighted by molar-refractivity contribution is -0.197. The summed E-state index contributed by atoms with van der Waals surface area (Å²) in [4.78, 5) is 38.6. The van der Waals surface area contributed by atoms with E-state index in [1.807, 2.05) is 0 Å². The molecule has 0 spiro atoms. The number of carbonyl (C=O) groups excluding carboxylic acids is 3. The van der Waals surface area contributed by atoms with E-state index in [2.05, 4.69) is 0 Å². The molecule has 1 aromatic carbocycles. The highest BCUT2D eigenvalue weighted by Crippen LogP contribution is 2.13. The summed E-state index contributed by atoms with van der Waals surface area (Å²) in [6.07, 6.45) is 0.520. The maximum absolute atomic E-state index is 12.7. The van der Waals surface area contributed by atoms with Gasteiger partial charge in [0.25, 0.3) is 11.8 Å². The molecule has 0 bridgehead atoms. The van der Waals surface area contributed by atoms with E-state index in [-0.39, 0.29) is 25.1 Å². The van der Waals surface area contributed by atoms with Gasteiger partial charge >= 0.3 is 5.97 Å². The average molecular weight is 265 g/mol. The van der Waals surface area contributed by atoms with E-state index in [0.717, 1.165) is 5.56 Å². The van der Waals surface area contributed by atoms with Crippen molar-refractivity contribution in [1.82, 2.24) is 5.06 Å². The predicted molar refractivity (Wildman–Crippen MR) is 61.9 cm³/mol. The molecule has 0 unspecified atom stereocenters. The molecular weight excluding hydrogens is 253 g/mol. The summed E-state index contributed by atoms with van der Waals surface area (Å²) in [5.74, 6) is -2.01. The van der Waals surface area contributed by atoms with E-state index in [1.165, 1.54) is 12.1 Å². The molecule has 1 aromatic rings. The third-order valence-corrected chi connectivity index (χ3v) is 2.73. The van der Waals surface area contributed by atoms with Crippen LogP contribution in [0.2, 0.25) is 0 Å². The molecule has 2 amide bonds. The minimum atomic E-state index is -0.659. The topological polar surface area (TPSA) is 63.7 Å². The molecular formula is C13H12FNO4. The van der Waals surface area contributed by atoms with Crippen LogP contribution in [0.15, 0.2) is 24.3 Å². The molecule has 1 fully saturated rings. The summed E-state index contributed by atoms with van der Waals surface area (Å²) >= 11 is 0. The third-order valence-electron chi connectivity index (χ3n) is 2.73. The molecule has 19 heavy (non-hydrogen) atoms. The molecule has 0 atom stereocenters. The van der Waals surface area contributed by atoms with Crippen molar-refractivity contribution >= 4 is 17.8 Å². The van der Waals surface area contributed by atoms with Gasteiger partial charge in [-0.15, -0.1) is 5.06 Å². The van der Waals surface area contributed by atoms with E-state index in [1.54, 1.807) is 12.1 Å². The average Bonchev–Trinajstić information content (AvgIpc) is 2.70. The minimum Gasteiger partial charge on any atom is -0.330 e. The van der Waals surface area contributed by atoms with Crippen molar-refractivity contribution in [2.45, 2.75) is 25.7 Å². The predicted octanol–water partition coefficient (Wildman–Crippen LogP) is 1.37. The quantitative estimate of drug-likeness (QED) is 0.771. The number of rotatable bonds is 4. The van der Waals surface area contributed by atoms with Crippen molar-refractivity contribution in [3.8, 4) is 0 Å². The Morgan fingerprint density at radius 3 is 2.32 bits per heavy atom. The highest BCUT2D eigenvalue weighted by molar-refractivity contribution is 6.01. The fourth-order valence-electron chi connectivity index (χ4n) is 1.70. The van der Waals surface area contributed by atoms with Gasteiger partial charge in [0.2, 0.25) is 0 Å². The number of benzene rings is 1. The fourth-order valence-corrected chi connectivity index (χ4v) is 1.70. The second-order valence-corrected chi connectivity index (χ2v) is 4.17. The highest BCUT2D eigenvalue weighted by Gasteiger charge is 2.32. The van der Waals surface area contributed by atoms with Gasteiger partial charge in [-0.3, -0.25) is 9.59 Å². The zero-order chi connectivity index (χ0) is 13.8. The van der Waals surface area contributed by atoms with Crippen molar-refractivity contribution in [2.24, 2.45) is 0 Å². The summed E-state index contributed by atoms with van der Waals surface area (Å²) in [5, 5.41) is 0.521. The minimum absolute atomic E-state index is 0.0166. The van der Waals surface area contributed by atoms with Crippen LogP contribution >= 0.6 is 0 Å². The molecule has 100 valence electrons. The van der Waals surface area contributed by atoms with E-state index in [4.69, 9.17) is 4.84 Å². The van der Waals surface area contributed by atoms with Crippen LogP contribution < -0.4 is 0 Å². The Balaban J connectivity index is 1.83. The normalized spacial score (nSPS) is 14.9. The Morgan fingerprint density at radius 2 is 1.74 bits per heavy atom. The molecule has 1 aliphatic rings. The number of carbonyl (C=O) groups is 3. The van der Waals surface area contributed by atoms with Crippen molar-refractivity contribution in [3.05, 3.63) is 35.6 Å². The number of nitrogens with zero attached hydrogens (tertiary/aromatic N) is 1. The molecule has 1 aliphatic heterocycles. The summed E-state index contributed by atoms with van der Waals surface area (Å²) < 4.78 is 12.7. The lowest BCUT2D eigenvalue weighted by atomic mass is 10.1. The molecule has 0 aliphatic carbocycles. The van der Waals surface area contributed by atoms with Crippen LogP contribution in [0.25, 0.3) is 0 Å². The van der Waals surface area contributed by atoms with E-state index in [9.17, 15) is 18.8 Å². The second kappa shape index (κ2) is 5.60. The third kappa shape index (κ3) is 3.37. The van der Waals surface area contributed by atoms with Gasteiger partial charge in [-0.05, 0) is 24.1 Å². The van der Waals surface area contributed by atoms with E-state index >= 15 is 0 Å². The van der Waals surface area contributed by atoms with Crippen molar-refractivity contribution in [3.63, 3.8) is 0 Å². The number of hydrogen-bond donors (Lipinski definition) is 0. The van der Waals surface area contributed by atoms with Gasteiger partial charge in [-0.1, -0.05) is 12.1 Å². The number of aryl methyl sites for hydroxylation is 1. The smallest absolute Gasteiger partial charge is 0.330 e. The monoisotopic (exact) mass is 265 g/mol. The van der Waals surface area contributed by atoms with Gasteiger partial charge in [0.05, 0.1) is 6.42 Å². The first-order chi connectivity index (χ1) is 9.06. The van der Waals surface area contributed by atoms with Gasteiger partial charge in [-0.2, -0.15) is 0 Å². The van der Waals surface area contributed by atoms with Crippen LogP contribution in [0, 0.1) is 5.82 Å². The van der Waals surface area contributed by atoms with Gasteiger partial charge in [0.1, 0.15) is 5.82 Å². The summed E-state index contributed by atoms with van der Waals surface area (Å²) in [6, 6.07) is 5.73. The van der Waals surface area contributed by atoms with Gasteiger partial charge in [-0.25, -0.2) is 9.18 Å². The van der Waals surface area contributed by atoms with Crippen molar-refractivity contribution < 1.29 is 23.6 Å². The largest absolute Gasteiger partial charge is 0.333 e. The van der Waals surface area contributed by atoms with E-state index in [0.29, 0.717) is 11.5 Å². The van der Waals surface area contributed by atoms with Crippen LogP contribution in [0.3, 0.4) is 0 Å². The Hall–Kier alpha value is -2.24. The molecule has 5 nitrogen and oxygen atoms in total. The molecule has 0 saturated carbocycles. The molecule has 1 saturated heterocycles. The number of imide groups is 1. The Labute approximate surface area is 108 Å². The Kier molecular flexibility index (Phi) is 3.89. The second-order valence-electron chi connectivity index (χ2n) is 4.17. The lowest BCUT2D eigenvalue weighted by Crippen LogP contribution is -2.32. The van der Waals surface area contributed by atoms with Crippen LogP contribution in [0.4, 0.5) is 4.39 Å². The molecule has 0 N–H and O–H groups in total. The van der Waals surface area contributed by atoms with Crippen molar-refractivity contribution in [2.75, 3.05) is 0 Å². The van der Waals surface area contributed by atoms with Crippen LogP contribution in [-0.4, -0.2) is 22.8 Å². The fraction of sp³-hybridized carbons (Fsp3) is 0.308. The molecule has 2 rings (SSSR count). The first kappa shape index (κ1) is 13.2. The van der Waals surface area contributed by atoms with Crippen LogP contribution in [0.5, 0.6) is 0 Å². The summed E-state index contributed by atoms with van der Waals surface area (Å²) in [5.41, 5.74) is 0.775. The number of hydroxylamine groups is 2. The molecule has 1 heterocycles. The van der Waals surface area contributed by atoms with Gasteiger partial charge in [0.15, 0.2) is 0 Å². The van der Waals surface area contributed by atoms with Crippen LogP contribution in [0.1, 0.15) is 24.8 Å². The molecule has 0 aromatic heterocycles. The summed E-state index contributed by atoms with van der Waals surface area (Å²) in [6.45, 7) is 0. The number of halogens is 1. The van der Waals surface area contributed by atoms with Gasteiger partial charge in [0, 0.05) is 12.8 Å². The zero-order valence-corrected chi connectivity index (χ0v) is 10.1. The number of hydrogen-bond acceptors (Lipinski definition) is 4. The van der Waals surface area contributed by atoms with Gasteiger partial charge < -0.3 is 4.84 Å². The lowest BCUT2D eigenvalue weighted by Gasteiger charge is -2.12. The zero-order valence-electron chi connectivity index (χ0n) is 10.1. The highest BCUT2D eigenvalue weighted by atomic mass is 19.1. The van der Waals surface area contributed by atoms with E-state index < -0.39 is 17.8 Å². The SMILES string of the molecule is O=C(CCc1ccc(F)cc1)ON1C(=O)CCC1=O. The first-order valence-electron chi connectivity index (χ1n) is 5.87. The molecule has 6 heteroatoms. The maximum atomic E-state index is 12.7. The Morgan fingerprint density at radius 1 is 1.16 bits per heavy atom. The first-order valence-corrected chi connectivity index (χ1v) is 5.87. The Bertz CT molecular complexity index is 496. The number of amides is 2. The molecule has 0 radical (unpaired) electrons. The van der Waals surface area contributed by atoms with Crippen LogP contribution in [-0.2, 0) is 25.6 Å².